The number of anilines is 2. The summed E-state index contributed by atoms with van der Waals surface area (Å²) in [6.07, 6.45) is 0. The van der Waals surface area contributed by atoms with Crippen LogP contribution in [0.25, 0.3) is 10.8 Å². The van der Waals surface area contributed by atoms with Crippen molar-refractivity contribution >= 4 is 45.7 Å². The van der Waals surface area contributed by atoms with Gasteiger partial charge in [-0.05, 0) is 66.9 Å². The van der Waals surface area contributed by atoms with E-state index in [4.69, 9.17) is 11.5 Å². The van der Waals surface area contributed by atoms with Gasteiger partial charge in [-0.2, -0.15) is 0 Å². The Balaban J connectivity index is 1.67. The highest BCUT2D eigenvalue weighted by atomic mass is 16.2. The molecule has 1 aliphatic heterocycles. The SMILES string of the molecule is CC(=O)c1ccc(C(=O)N2C[C@@H](C(C)(N)C(N)=O)C(=O)N(Cc3c(C)ccc4ccccc34)c3ccccc32)cc1. The number of para-hydroxylation sites is 2. The maximum Gasteiger partial charge on any atom is 0.258 e. The lowest BCUT2D eigenvalue weighted by Gasteiger charge is -2.34. The van der Waals surface area contributed by atoms with E-state index in [1.165, 1.54) is 18.7 Å². The minimum atomic E-state index is -1.75. The van der Waals surface area contributed by atoms with Gasteiger partial charge < -0.3 is 21.3 Å². The van der Waals surface area contributed by atoms with Crippen molar-refractivity contribution in [1.82, 2.24) is 0 Å². The number of fused-ring (bicyclic) bond motifs is 2. The number of nitrogens with zero attached hydrogens (tertiary/aromatic N) is 2. The van der Waals surface area contributed by atoms with Crippen LogP contribution >= 0.6 is 0 Å². The second-order valence-electron chi connectivity index (χ2n) is 10.7. The van der Waals surface area contributed by atoms with Crippen molar-refractivity contribution in [2.75, 3.05) is 16.3 Å². The average molecular weight is 549 g/mol. The Morgan fingerprint density at radius 3 is 2.15 bits per heavy atom. The number of Topliss-reactive ketones (excluding diaryl/α,β-unsaturated/α-hetero) is 1. The number of nitrogens with two attached hydrogens (primary N) is 2. The summed E-state index contributed by atoms with van der Waals surface area (Å²) in [6, 6.07) is 25.5. The zero-order valence-electron chi connectivity index (χ0n) is 23.3. The molecular weight excluding hydrogens is 516 g/mol. The first-order valence-electron chi connectivity index (χ1n) is 13.4. The Morgan fingerprint density at radius 2 is 1.49 bits per heavy atom. The van der Waals surface area contributed by atoms with Crippen molar-refractivity contribution in [1.29, 1.82) is 0 Å². The second-order valence-corrected chi connectivity index (χ2v) is 10.7. The summed E-state index contributed by atoms with van der Waals surface area (Å²) >= 11 is 0. The summed E-state index contributed by atoms with van der Waals surface area (Å²) in [4.78, 5) is 55.8. The molecule has 0 aliphatic carbocycles. The molecule has 4 N–H and O–H groups in total. The van der Waals surface area contributed by atoms with Gasteiger partial charge in [-0.1, -0.05) is 60.7 Å². The third-order valence-corrected chi connectivity index (χ3v) is 8.02. The van der Waals surface area contributed by atoms with Gasteiger partial charge in [0, 0.05) is 17.7 Å². The number of rotatable bonds is 6. The lowest BCUT2D eigenvalue weighted by atomic mass is 9.84. The van der Waals surface area contributed by atoms with E-state index < -0.39 is 29.2 Å². The molecule has 8 nitrogen and oxygen atoms in total. The molecule has 0 saturated heterocycles. The maximum absolute atomic E-state index is 14.4. The van der Waals surface area contributed by atoms with Crippen LogP contribution in [0.3, 0.4) is 0 Å². The van der Waals surface area contributed by atoms with E-state index >= 15 is 0 Å². The standard InChI is InChI=1S/C33H32N4O4/c1-20-12-13-23-8-4-5-9-25(23)26(20)18-36-28-10-6-7-11-29(28)37(19-27(31(36)40)33(3,35)32(34)41)30(39)24-16-14-22(15-17-24)21(2)38/h4-17,27H,18-19,35H2,1-3H3,(H2,34,41)/t27-,33?/m1/s1. The third-order valence-electron chi connectivity index (χ3n) is 8.02. The fourth-order valence-electron chi connectivity index (χ4n) is 5.38. The topological polar surface area (TPSA) is 127 Å². The van der Waals surface area contributed by atoms with Gasteiger partial charge >= 0.3 is 0 Å². The predicted octanol–water partition coefficient (Wildman–Crippen LogP) is 4.36. The molecule has 1 heterocycles. The highest BCUT2D eigenvalue weighted by Gasteiger charge is 2.47. The first-order chi connectivity index (χ1) is 19.5. The van der Waals surface area contributed by atoms with Crippen molar-refractivity contribution in [3.8, 4) is 0 Å². The van der Waals surface area contributed by atoms with Crippen LogP contribution in [0.2, 0.25) is 0 Å². The van der Waals surface area contributed by atoms with E-state index in [1.807, 2.05) is 43.3 Å². The minimum Gasteiger partial charge on any atom is -0.368 e. The van der Waals surface area contributed by atoms with Crippen LogP contribution in [0.4, 0.5) is 11.4 Å². The number of aryl methyl sites for hydroxylation is 1. The average Bonchev–Trinajstić information content (AvgIpc) is 3.08. The van der Waals surface area contributed by atoms with Crippen molar-refractivity contribution in [3.63, 3.8) is 0 Å². The number of hydrogen-bond donors (Lipinski definition) is 2. The van der Waals surface area contributed by atoms with Crippen molar-refractivity contribution in [2.45, 2.75) is 32.9 Å². The van der Waals surface area contributed by atoms with E-state index in [-0.39, 0.29) is 18.9 Å². The fraction of sp³-hybridized carbons (Fsp3) is 0.212. The van der Waals surface area contributed by atoms with Gasteiger partial charge in [0.05, 0.1) is 23.8 Å². The lowest BCUT2D eigenvalue weighted by molar-refractivity contribution is -0.132. The van der Waals surface area contributed by atoms with E-state index in [1.54, 1.807) is 53.4 Å². The first-order valence-corrected chi connectivity index (χ1v) is 13.4. The van der Waals surface area contributed by atoms with Crippen molar-refractivity contribution in [2.24, 2.45) is 17.4 Å². The minimum absolute atomic E-state index is 0.116. The van der Waals surface area contributed by atoms with E-state index in [9.17, 15) is 19.2 Å². The van der Waals surface area contributed by atoms with Crippen LogP contribution in [-0.2, 0) is 16.1 Å². The van der Waals surface area contributed by atoms with Crippen LogP contribution < -0.4 is 21.3 Å². The van der Waals surface area contributed by atoms with Gasteiger partial charge in [-0.15, -0.1) is 0 Å². The molecule has 0 saturated carbocycles. The number of carbonyl (C=O) groups excluding carboxylic acids is 4. The quantitative estimate of drug-likeness (QED) is 0.346. The summed E-state index contributed by atoms with van der Waals surface area (Å²) in [5.74, 6) is -2.90. The Morgan fingerprint density at radius 1 is 0.878 bits per heavy atom. The van der Waals surface area contributed by atoms with Gasteiger partial charge in [-0.3, -0.25) is 19.2 Å². The molecule has 1 aliphatic rings. The smallest absolute Gasteiger partial charge is 0.258 e. The molecule has 0 aromatic heterocycles. The zero-order valence-corrected chi connectivity index (χ0v) is 23.3. The van der Waals surface area contributed by atoms with Gasteiger partial charge in [0.15, 0.2) is 5.78 Å². The van der Waals surface area contributed by atoms with Gasteiger partial charge in [0.2, 0.25) is 11.8 Å². The lowest BCUT2D eigenvalue weighted by Crippen LogP contribution is -2.62. The molecule has 5 rings (SSSR count). The van der Waals surface area contributed by atoms with Crippen LogP contribution in [0, 0.1) is 12.8 Å². The number of primary amides is 1. The van der Waals surface area contributed by atoms with E-state index in [0.717, 1.165) is 21.9 Å². The molecule has 4 aromatic rings. The van der Waals surface area contributed by atoms with Crippen LogP contribution in [0.5, 0.6) is 0 Å². The molecule has 0 radical (unpaired) electrons. The van der Waals surface area contributed by atoms with Gasteiger partial charge in [-0.25, -0.2) is 0 Å². The zero-order chi connectivity index (χ0) is 29.5. The van der Waals surface area contributed by atoms with E-state index in [2.05, 4.69) is 0 Å². The molecule has 0 fully saturated rings. The number of carbonyl (C=O) groups is 4. The Labute approximate surface area is 238 Å². The highest BCUT2D eigenvalue weighted by Crippen LogP contribution is 2.39. The molecule has 3 amide bonds. The molecule has 0 spiro atoms. The summed E-state index contributed by atoms with van der Waals surface area (Å²) in [6.45, 7) is 4.91. The molecule has 208 valence electrons. The summed E-state index contributed by atoms with van der Waals surface area (Å²) in [5.41, 5.74) is 14.2. The number of hydrogen-bond acceptors (Lipinski definition) is 5. The molecule has 2 atom stereocenters. The van der Waals surface area contributed by atoms with Crippen molar-refractivity contribution in [3.05, 3.63) is 107 Å². The van der Waals surface area contributed by atoms with E-state index in [0.29, 0.717) is 22.5 Å². The normalized spacial score (nSPS) is 16.6. The Bertz CT molecular complexity index is 1690. The molecule has 8 heteroatoms. The first kappa shape index (κ1) is 27.7. The predicted molar refractivity (Wildman–Crippen MR) is 160 cm³/mol. The molecular formula is C33H32N4O4. The number of benzene rings is 4. The maximum atomic E-state index is 14.4. The number of amides is 3. The molecule has 41 heavy (non-hydrogen) atoms. The third kappa shape index (κ3) is 4.98. The second kappa shape index (κ2) is 10.6. The monoisotopic (exact) mass is 548 g/mol. The van der Waals surface area contributed by atoms with Crippen LogP contribution in [0.1, 0.15) is 45.7 Å². The van der Waals surface area contributed by atoms with Gasteiger partial charge in [0.25, 0.3) is 5.91 Å². The Kier molecular flexibility index (Phi) is 7.19. The summed E-state index contributed by atoms with van der Waals surface area (Å²) < 4.78 is 0. The fourth-order valence-corrected chi connectivity index (χ4v) is 5.38. The molecule has 1 unspecified atom stereocenters. The highest BCUT2D eigenvalue weighted by molar-refractivity contribution is 6.13. The van der Waals surface area contributed by atoms with Crippen molar-refractivity contribution < 1.29 is 19.2 Å². The molecule has 0 bridgehead atoms. The van der Waals surface area contributed by atoms with Crippen LogP contribution in [-0.4, -0.2) is 35.6 Å². The van der Waals surface area contributed by atoms with Gasteiger partial charge in [0.1, 0.15) is 5.54 Å². The van der Waals surface area contributed by atoms with Crippen LogP contribution in [0.15, 0.2) is 84.9 Å². The summed E-state index contributed by atoms with van der Waals surface area (Å²) in [5, 5.41) is 2.04. The summed E-state index contributed by atoms with van der Waals surface area (Å²) in [7, 11) is 0. The molecule has 4 aromatic carbocycles. The number of ketones is 1. The Hall–Kier alpha value is -4.82. The largest absolute Gasteiger partial charge is 0.368 e.